The van der Waals surface area contributed by atoms with Gasteiger partial charge in [-0.1, -0.05) is 25.3 Å². The first kappa shape index (κ1) is 23.2. The monoisotopic (exact) mass is 473 g/mol. The molecule has 5 rings (SSSR count). The molecular weight excluding hydrogens is 440 g/mol. The molecule has 2 saturated carbocycles. The summed E-state index contributed by atoms with van der Waals surface area (Å²) < 4.78 is 31.5. The molecule has 9 heteroatoms. The molecule has 184 valence electrons. The minimum Gasteiger partial charge on any atom is -0.349 e. The number of hydrogen-bond donors (Lipinski definition) is 1. The molecule has 7 nitrogen and oxygen atoms in total. The number of hydrogen-bond acceptors (Lipinski definition) is 5. The highest BCUT2D eigenvalue weighted by Gasteiger charge is 2.34. The van der Waals surface area contributed by atoms with E-state index in [1.807, 2.05) is 11.1 Å². The fourth-order valence-electron chi connectivity index (χ4n) is 5.17. The van der Waals surface area contributed by atoms with Crippen molar-refractivity contribution in [3.8, 4) is 0 Å². The van der Waals surface area contributed by atoms with Crippen LogP contribution in [0.2, 0.25) is 0 Å². The van der Waals surface area contributed by atoms with Gasteiger partial charge in [-0.15, -0.1) is 0 Å². The number of aromatic nitrogens is 3. The van der Waals surface area contributed by atoms with Gasteiger partial charge >= 0.3 is 6.61 Å². The Morgan fingerprint density at radius 2 is 2.03 bits per heavy atom. The minimum absolute atomic E-state index is 0.128. The normalized spacial score (nSPS) is 20.6. The molecule has 0 saturated heterocycles. The number of ether oxygens (including phenoxy) is 1. The van der Waals surface area contributed by atoms with Gasteiger partial charge in [0.05, 0.1) is 6.61 Å². The molecular formula is C25H33F2N5O2. The van der Waals surface area contributed by atoms with Gasteiger partial charge in [-0.2, -0.15) is 13.8 Å². The highest BCUT2D eigenvalue weighted by atomic mass is 19.3. The van der Waals surface area contributed by atoms with Crippen LogP contribution in [0.4, 0.5) is 14.7 Å². The largest absolute Gasteiger partial charge is 0.349 e. The number of nitrogens with zero attached hydrogens (tertiary/aromatic N) is 4. The molecule has 0 aromatic carbocycles. The summed E-state index contributed by atoms with van der Waals surface area (Å²) in [5.41, 5.74) is 3.25. The van der Waals surface area contributed by atoms with Gasteiger partial charge in [0.1, 0.15) is 5.65 Å². The maximum atomic E-state index is 12.5. The average molecular weight is 474 g/mol. The Morgan fingerprint density at radius 3 is 2.71 bits per heavy atom. The van der Waals surface area contributed by atoms with Crippen LogP contribution < -0.4 is 5.32 Å². The quantitative estimate of drug-likeness (QED) is 0.584. The van der Waals surface area contributed by atoms with Crippen molar-refractivity contribution in [3.05, 3.63) is 24.0 Å². The van der Waals surface area contributed by atoms with E-state index in [9.17, 15) is 13.6 Å². The number of carbonyl (C=O) groups is 1. The first-order valence-electron chi connectivity index (χ1n) is 12.5. The van der Waals surface area contributed by atoms with Crippen molar-refractivity contribution in [2.24, 2.45) is 5.92 Å². The third kappa shape index (κ3) is 5.09. The summed E-state index contributed by atoms with van der Waals surface area (Å²) in [4.78, 5) is 23.7. The molecule has 34 heavy (non-hydrogen) atoms. The molecule has 2 fully saturated rings. The highest BCUT2D eigenvalue weighted by molar-refractivity contribution is 5.92. The van der Waals surface area contributed by atoms with E-state index in [1.165, 1.54) is 24.8 Å². The molecule has 2 aliphatic carbocycles. The van der Waals surface area contributed by atoms with Gasteiger partial charge in [-0.05, 0) is 44.6 Å². The van der Waals surface area contributed by atoms with Crippen LogP contribution in [0.3, 0.4) is 0 Å². The van der Waals surface area contributed by atoms with Crippen LogP contribution in [-0.4, -0.2) is 57.7 Å². The molecule has 0 unspecified atom stereocenters. The number of rotatable bonds is 8. The van der Waals surface area contributed by atoms with Crippen LogP contribution in [0.25, 0.3) is 16.6 Å². The second-order valence-electron chi connectivity index (χ2n) is 9.85. The van der Waals surface area contributed by atoms with Gasteiger partial charge in [0.25, 0.3) is 0 Å². The zero-order chi connectivity index (χ0) is 23.7. The van der Waals surface area contributed by atoms with Gasteiger partial charge in [0, 0.05) is 54.4 Å². The Balaban J connectivity index is 1.42. The number of anilines is 1. The zero-order valence-corrected chi connectivity index (χ0v) is 19.7. The van der Waals surface area contributed by atoms with E-state index in [4.69, 9.17) is 4.98 Å². The standard InChI is InChI=1S/C25H33F2N5O2/c1-16(15-34-24(26)27)29-25-28-13-20-21(14-32(22(20)30-25)19-5-3-2-4-6-19)17-9-11-31(12-10-17)23(33)18-7-8-18/h9,13-14,16,18-19,24H,2-8,10-12,15H2,1H3,(H,28,29,30)/t16-/m0/s1. The van der Waals surface area contributed by atoms with E-state index < -0.39 is 6.61 Å². The second-order valence-corrected chi connectivity index (χ2v) is 9.85. The summed E-state index contributed by atoms with van der Waals surface area (Å²) in [6.07, 6.45) is 15.0. The SMILES string of the molecule is C[C@@H](COC(F)F)Nc1ncc2c(C3=CCN(C(=O)C4CC4)CC3)cn(C3CCCCC3)c2n1. The van der Waals surface area contributed by atoms with E-state index in [2.05, 4.69) is 31.9 Å². The number of nitrogens with one attached hydrogen (secondary N) is 1. The molecule has 3 aliphatic rings. The molecule has 0 spiro atoms. The van der Waals surface area contributed by atoms with Gasteiger partial charge in [0.15, 0.2) is 0 Å². The summed E-state index contributed by atoms with van der Waals surface area (Å²) in [6, 6.07) is 0.0459. The lowest BCUT2D eigenvalue weighted by Gasteiger charge is -2.26. The number of carbonyl (C=O) groups excluding carboxylic acids is 1. The molecule has 0 radical (unpaired) electrons. The maximum absolute atomic E-state index is 12.5. The van der Waals surface area contributed by atoms with E-state index >= 15 is 0 Å². The molecule has 1 amide bonds. The van der Waals surface area contributed by atoms with Crippen molar-refractivity contribution >= 4 is 28.5 Å². The molecule has 3 heterocycles. The van der Waals surface area contributed by atoms with E-state index in [0.29, 0.717) is 24.4 Å². The minimum atomic E-state index is -2.79. The Kier molecular flexibility index (Phi) is 6.81. The lowest BCUT2D eigenvalue weighted by Crippen LogP contribution is -2.35. The fourth-order valence-corrected chi connectivity index (χ4v) is 5.17. The first-order valence-corrected chi connectivity index (χ1v) is 12.5. The van der Waals surface area contributed by atoms with Gasteiger partial charge in [-0.25, -0.2) is 4.98 Å². The molecule has 1 aliphatic heterocycles. The lowest BCUT2D eigenvalue weighted by atomic mass is 9.95. The summed E-state index contributed by atoms with van der Waals surface area (Å²) in [5.74, 6) is 0.957. The van der Waals surface area contributed by atoms with Crippen LogP contribution in [-0.2, 0) is 9.53 Å². The topological polar surface area (TPSA) is 72.3 Å². The summed E-state index contributed by atoms with van der Waals surface area (Å²) >= 11 is 0. The van der Waals surface area contributed by atoms with Crippen LogP contribution in [0.5, 0.6) is 0 Å². The fraction of sp³-hybridized carbons (Fsp3) is 0.640. The molecule has 2 aromatic heterocycles. The van der Waals surface area contributed by atoms with Crippen molar-refractivity contribution in [1.82, 2.24) is 19.4 Å². The van der Waals surface area contributed by atoms with E-state index in [1.54, 1.807) is 6.92 Å². The van der Waals surface area contributed by atoms with E-state index in [0.717, 1.165) is 55.2 Å². The first-order chi connectivity index (χ1) is 16.5. The van der Waals surface area contributed by atoms with Crippen LogP contribution in [0.1, 0.15) is 69.9 Å². The third-order valence-electron chi connectivity index (χ3n) is 7.18. The number of halogens is 2. The van der Waals surface area contributed by atoms with Crippen molar-refractivity contribution in [3.63, 3.8) is 0 Å². The molecule has 0 bridgehead atoms. The Bertz CT molecular complexity index is 1060. The van der Waals surface area contributed by atoms with Crippen LogP contribution in [0.15, 0.2) is 18.5 Å². The lowest BCUT2D eigenvalue weighted by molar-refractivity contribution is -0.132. The third-order valence-corrected chi connectivity index (χ3v) is 7.18. The highest BCUT2D eigenvalue weighted by Crippen LogP contribution is 2.37. The summed E-state index contributed by atoms with van der Waals surface area (Å²) in [5, 5.41) is 4.09. The van der Waals surface area contributed by atoms with Gasteiger partial charge < -0.3 is 19.5 Å². The van der Waals surface area contributed by atoms with Gasteiger partial charge in [0.2, 0.25) is 11.9 Å². The molecule has 2 aromatic rings. The zero-order valence-electron chi connectivity index (χ0n) is 19.7. The number of amides is 1. The van der Waals surface area contributed by atoms with Crippen molar-refractivity contribution < 1.29 is 18.3 Å². The molecule has 1 N–H and O–H groups in total. The second kappa shape index (κ2) is 9.98. The van der Waals surface area contributed by atoms with E-state index in [-0.39, 0.29) is 18.6 Å². The maximum Gasteiger partial charge on any atom is 0.345 e. The van der Waals surface area contributed by atoms with Crippen LogP contribution >= 0.6 is 0 Å². The predicted molar refractivity (Wildman–Crippen MR) is 127 cm³/mol. The Hall–Kier alpha value is -2.55. The molecule has 1 atom stereocenters. The van der Waals surface area contributed by atoms with Gasteiger partial charge in [-0.3, -0.25) is 4.79 Å². The van der Waals surface area contributed by atoms with Crippen molar-refractivity contribution in [2.75, 3.05) is 25.0 Å². The average Bonchev–Trinajstić information content (AvgIpc) is 3.64. The Labute approximate surface area is 198 Å². The van der Waals surface area contributed by atoms with Crippen molar-refractivity contribution in [2.45, 2.75) is 77.0 Å². The smallest absolute Gasteiger partial charge is 0.345 e. The number of fused-ring (bicyclic) bond motifs is 1. The van der Waals surface area contributed by atoms with Crippen molar-refractivity contribution in [1.29, 1.82) is 0 Å². The number of alkyl halides is 2. The van der Waals surface area contributed by atoms with Crippen LogP contribution in [0, 0.1) is 5.92 Å². The summed E-state index contributed by atoms with van der Waals surface area (Å²) in [6.45, 7) is 0.250. The Morgan fingerprint density at radius 1 is 1.24 bits per heavy atom. The predicted octanol–water partition coefficient (Wildman–Crippen LogP) is 5.00. The summed E-state index contributed by atoms with van der Waals surface area (Å²) in [7, 11) is 0.